The minimum atomic E-state index is -0.258. The van der Waals surface area contributed by atoms with Crippen molar-refractivity contribution >= 4 is 57.8 Å². The minimum Gasteiger partial charge on any atom is -0.495 e. The number of carbonyl (C=O) groups is 1. The fourth-order valence-corrected chi connectivity index (χ4v) is 4.20. The van der Waals surface area contributed by atoms with Gasteiger partial charge < -0.3 is 9.15 Å². The summed E-state index contributed by atoms with van der Waals surface area (Å²) in [5.74, 6) is 1.45. The van der Waals surface area contributed by atoms with Crippen LogP contribution in [0.25, 0.3) is 6.08 Å². The molecule has 0 bridgehead atoms. The van der Waals surface area contributed by atoms with E-state index in [0.717, 1.165) is 5.56 Å². The first-order valence-electron chi connectivity index (χ1n) is 8.94. The fourth-order valence-electron chi connectivity index (χ4n) is 2.85. The van der Waals surface area contributed by atoms with Gasteiger partial charge in [0.1, 0.15) is 17.2 Å². The van der Waals surface area contributed by atoms with Crippen LogP contribution in [0.1, 0.15) is 11.3 Å². The van der Waals surface area contributed by atoms with Crippen molar-refractivity contribution in [1.82, 2.24) is 0 Å². The number of rotatable bonds is 5. The molecule has 0 saturated heterocycles. The van der Waals surface area contributed by atoms with E-state index in [0.29, 0.717) is 38.2 Å². The lowest BCUT2D eigenvalue weighted by Crippen LogP contribution is -2.30. The zero-order valence-corrected chi connectivity index (χ0v) is 18.2. The zero-order valence-electron chi connectivity index (χ0n) is 15.8. The Morgan fingerprint density at radius 3 is 2.63 bits per heavy atom. The topological polar surface area (TPSA) is 55.0 Å². The summed E-state index contributed by atoms with van der Waals surface area (Å²) in [4.78, 5) is 19.3. The van der Waals surface area contributed by atoms with Gasteiger partial charge in [-0.25, -0.2) is 4.99 Å². The number of amides is 1. The molecule has 0 fully saturated rings. The smallest absolute Gasteiger partial charge is 0.283 e. The molecule has 1 aromatic heterocycles. The van der Waals surface area contributed by atoms with Gasteiger partial charge in [0.15, 0.2) is 5.17 Å². The molecule has 0 spiro atoms. The average molecular weight is 459 g/mol. The van der Waals surface area contributed by atoms with Crippen LogP contribution in [0, 0.1) is 0 Å². The van der Waals surface area contributed by atoms with Crippen LogP contribution in [-0.4, -0.2) is 18.2 Å². The van der Waals surface area contributed by atoms with Crippen LogP contribution < -0.4 is 9.64 Å². The second kappa shape index (κ2) is 9.00. The van der Waals surface area contributed by atoms with E-state index in [1.165, 1.54) is 11.8 Å². The molecule has 1 amide bonds. The number of anilines is 1. The molecule has 30 heavy (non-hydrogen) atoms. The van der Waals surface area contributed by atoms with Crippen LogP contribution in [0.5, 0.6) is 5.75 Å². The summed E-state index contributed by atoms with van der Waals surface area (Å²) in [6.45, 7) is 0. The van der Waals surface area contributed by atoms with Crippen LogP contribution in [0.3, 0.4) is 0 Å². The van der Waals surface area contributed by atoms with Gasteiger partial charge in [0.25, 0.3) is 5.91 Å². The number of hydrogen-bond acceptors (Lipinski definition) is 5. The molecule has 1 aliphatic rings. The van der Waals surface area contributed by atoms with Gasteiger partial charge in [-0.2, -0.15) is 0 Å². The molecule has 4 rings (SSSR count). The first-order valence-corrected chi connectivity index (χ1v) is 10.7. The Bertz CT molecular complexity index is 1130. The summed E-state index contributed by atoms with van der Waals surface area (Å²) in [5.41, 5.74) is 1.96. The van der Waals surface area contributed by atoms with E-state index in [1.54, 1.807) is 54.7 Å². The largest absolute Gasteiger partial charge is 0.495 e. The molecule has 8 heteroatoms. The van der Waals surface area contributed by atoms with Gasteiger partial charge in [-0.05, 0) is 48.0 Å². The van der Waals surface area contributed by atoms with Crippen molar-refractivity contribution < 1.29 is 13.9 Å². The number of amidine groups is 1. The second-order valence-corrected chi connectivity index (χ2v) is 8.10. The molecule has 0 unspecified atom stereocenters. The molecule has 0 N–H and O–H groups in total. The summed E-state index contributed by atoms with van der Waals surface area (Å²) in [6.07, 6.45) is 3.17. The van der Waals surface area contributed by atoms with Crippen molar-refractivity contribution in [1.29, 1.82) is 0 Å². The van der Waals surface area contributed by atoms with Crippen molar-refractivity contribution in [2.75, 3.05) is 12.0 Å². The van der Waals surface area contributed by atoms with Crippen LogP contribution in [0.2, 0.25) is 10.0 Å². The molecule has 2 aromatic carbocycles. The van der Waals surface area contributed by atoms with Gasteiger partial charge in [-0.3, -0.25) is 9.69 Å². The molecule has 0 atom stereocenters. The molecule has 0 radical (unpaired) electrons. The van der Waals surface area contributed by atoms with Crippen molar-refractivity contribution in [3.05, 3.63) is 87.9 Å². The molecular formula is C22H16Cl2N2O3S. The van der Waals surface area contributed by atoms with Crippen molar-refractivity contribution in [2.24, 2.45) is 4.99 Å². The Balaban J connectivity index is 1.66. The summed E-state index contributed by atoms with van der Waals surface area (Å²) in [5, 5.41) is 1.64. The number of ether oxygens (including phenoxy) is 1. The maximum atomic E-state index is 13.2. The Morgan fingerprint density at radius 2 is 1.97 bits per heavy atom. The SMILES string of the molecule is COc1ccc(N2C(=O)/C(=C\c3ccco3)N=C2SCc2ccc(Cl)cc2)cc1Cl. The number of nitrogens with zero attached hydrogens (tertiary/aromatic N) is 2. The van der Waals surface area contributed by atoms with Crippen LogP contribution in [0.15, 0.2) is 76.0 Å². The lowest BCUT2D eigenvalue weighted by atomic mass is 10.2. The Morgan fingerprint density at radius 1 is 1.17 bits per heavy atom. The van der Waals surface area contributed by atoms with E-state index < -0.39 is 0 Å². The van der Waals surface area contributed by atoms with Crippen LogP contribution in [0.4, 0.5) is 5.69 Å². The molecule has 5 nitrogen and oxygen atoms in total. The zero-order chi connectivity index (χ0) is 21.1. The first kappa shape index (κ1) is 20.6. The predicted molar refractivity (Wildman–Crippen MR) is 122 cm³/mol. The number of benzene rings is 2. The maximum absolute atomic E-state index is 13.2. The lowest BCUT2D eigenvalue weighted by molar-refractivity contribution is -0.113. The minimum absolute atomic E-state index is 0.258. The standard InChI is InChI=1S/C22H16Cl2N2O3S/c1-28-20-9-8-16(11-18(20)24)26-21(27)19(12-17-3-2-10-29-17)25-22(26)30-13-14-4-6-15(23)7-5-14/h2-12H,13H2,1H3/b19-12+. The van der Waals surface area contributed by atoms with E-state index in [2.05, 4.69) is 4.99 Å². The van der Waals surface area contributed by atoms with Gasteiger partial charge in [-0.1, -0.05) is 47.1 Å². The number of carbonyl (C=O) groups excluding carboxylic acids is 1. The van der Waals surface area contributed by atoms with Crippen molar-refractivity contribution in [3.63, 3.8) is 0 Å². The summed E-state index contributed by atoms with van der Waals surface area (Å²) in [6, 6.07) is 16.3. The Labute approximate surface area is 187 Å². The number of furan rings is 1. The third-order valence-electron chi connectivity index (χ3n) is 4.33. The van der Waals surface area contributed by atoms with Gasteiger partial charge in [0, 0.05) is 16.9 Å². The molecule has 3 aromatic rings. The van der Waals surface area contributed by atoms with E-state index in [-0.39, 0.29) is 11.6 Å². The van der Waals surface area contributed by atoms with E-state index in [4.69, 9.17) is 32.4 Å². The number of thioether (sulfide) groups is 1. The average Bonchev–Trinajstić information content (AvgIpc) is 3.36. The fraction of sp³-hybridized carbons (Fsp3) is 0.0909. The number of aliphatic imine (C=N–C) groups is 1. The highest BCUT2D eigenvalue weighted by Crippen LogP contribution is 2.35. The Hall–Kier alpha value is -2.67. The van der Waals surface area contributed by atoms with Gasteiger partial charge >= 0.3 is 0 Å². The third kappa shape index (κ3) is 4.41. The quantitative estimate of drug-likeness (QED) is 0.422. The summed E-state index contributed by atoms with van der Waals surface area (Å²) < 4.78 is 10.6. The molecule has 0 saturated carbocycles. The van der Waals surface area contributed by atoms with Gasteiger partial charge in [0.2, 0.25) is 0 Å². The number of hydrogen-bond donors (Lipinski definition) is 0. The van der Waals surface area contributed by atoms with E-state index in [1.807, 2.05) is 24.3 Å². The monoisotopic (exact) mass is 458 g/mol. The van der Waals surface area contributed by atoms with Gasteiger partial charge in [-0.15, -0.1) is 0 Å². The molecule has 1 aliphatic heterocycles. The third-order valence-corrected chi connectivity index (χ3v) is 5.88. The Kier molecular flexibility index (Phi) is 6.18. The van der Waals surface area contributed by atoms with Gasteiger partial charge in [0.05, 0.1) is 24.1 Å². The van der Waals surface area contributed by atoms with Crippen LogP contribution in [-0.2, 0) is 10.5 Å². The van der Waals surface area contributed by atoms with Crippen LogP contribution >= 0.6 is 35.0 Å². The van der Waals surface area contributed by atoms with E-state index >= 15 is 0 Å². The van der Waals surface area contributed by atoms with Crippen molar-refractivity contribution in [2.45, 2.75) is 5.75 Å². The van der Waals surface area contributed by atoms with Crippen molar-refractivity contribution in [3.8, 4) is 5.75 Å². The maximum Gasteiger partial charge on any atom is 0.283 e. The normalized spacial score (nSPS) is 15.0. The molecule has 2 heterocycles. The second-order valence-electron chi connectivity index (χ2n) is 6.31. The first-order chi connectivity index (χ1) is 14.5. The van der Waals surface area contributed by atoms with E-state index in [9.17, 15) is 4.79 Å². The highest BCUT2D eigenvalue weighted by Gasteiger charge is 2.32. The molecule has 152 valence electrons. The summed E-state index contributed by atoms with van der Waals surface area (Å²) >= 11 is 13.7. The molecular weight excluding hydrogens is 443 g/mol. The predicted octanol–water partition coefficient (Wildman–Crippen LogP) is 6.27. The number of halogens is 2. The summed E-state index contributed by atoms with van der Waals surface area (Å²) in [7, 11) is 1.54. The highest BCUT2D eigenvalue weighted by atomic mass is 35.5. The highest BCUT2D eigenvalue weighted by molar-refractivity contribution is 8.13. The lowest BCUT2D eigenvalue weighted by Gasteiger charge is -2.18. The number of methoxy groups -OCH3 is 1. The molecule has 0 aliphatic carbocycles.